The summed E-state index contributed by atoms with van der Waals surface area (Å²) in [4.78, 5) is 11.5. The van der Waals surface area contributed by atoms with Gasteiger partial charge >= 0.3 is 5.97 Å². The van der Waals surface area contributed by atoms with E-state index in [9.17, 15) is 4.79 Å². The number of esters is 1. The molecule has 0 radical (unpaired) electrons. The molecular weight excluding hydrogens is 265 g/mol. The molecule has 0 fully saturated rings. The van der Waals surface area contributed by atoms with Crippen molar-refractivity contribution in [3.8, 4) is 0 Å². The second kappa shape index (κ2) is 5.77. The molecule has 0 unspecified atom stereocenters. The van der Waals surface area contributed by atoms with E-state index in [1.165, 1.54) is 19.4 Å². The fourth-order valence-corrected chi connectivity index (χ4v) is 1.49. The van der Waals surface area contributed by atoms with Gasteiger partial charge in [0.2, 0.25) is 0 Å². The van der Waals surface area contributed by atoms with Gasteiger partial charge in [-0.2, -0.15) is 0 Å². The van der Waals surface area contributed by atoms with Gasteiger partial charge in [-0.1, -0.05) is 23.2 Å². The van der Waals surface area contributed by atoms with Gasteiger partial charge in [0.15, 0.2) is 0 Å². The molecule has 1 aromatic carbocycles. The van der Waals surface area contributed by atoms with Crippen LogP contribution in [0.5, 0.6) is 0 Å². The molecule has 0 aromatic heterocycles. The molecule has 0 bridgehead atoms. The van der Waals surface area contributed by atoms with E-state index < -0.39 is 5.97 Å². The lowest BCUT2D eigenvalue weighted by atomic mass is 10.1. The van der Waals surface area contributed by atoms with Gasteiger partial charge in [-0.25, -0.2) is 10.6 Å². The number of ether oxygens (including phenoxy) is 1. The molecule has 0 spiro atoms. The Balaban J connectivity index is 3.23. The number of hydrogen-bond donors (Lipinski definition) is 2. The van der Waals surface area contributed by atoms with Crippen molar-refractivity contribution < 1.29 is 9.53 Å². The van der Waals surface area contributed by atoms with E-state index in [1.54, 1.807) is 12.1 Å². The summed E-state index contributed by atoms with van der Waals surface area (Å²) in [5.41, 5.74) is 5.88. The number of anilines is 1. The number of nitrogens with zero attached hydrogens (tertiary/aromatic N) is 1. The number of carbonyl (C=O) groups excluding carboxylic acids is 1. The molecule has 0 aliphatic heterocycles. The minimum Gasteiger partial charge on any atom is -0.465 e. The Morgan fingerprint density at radius 3 is 2.71 bits per heavy atom. The van der Waals surface area contributed by atoms with Crippen molar-refractivity contribution in [2.24, 2.45) is 11.6 Å². The first-order chi connectivity index (χ1) is 7.95. The second-order valence-corrected chi connectivity index (χ2v) is 3.95. The van der Waals surface area contributed by atoms with E-state index in [1.807, 2.05) is 0 Å². The topological polar surface area (TPSA) is 81.6 Å². The highest BCUT2D eigenvalue weighted by Crippen LogP contribution is 2.24. The van der Waals surface area contributed by atoms with E-state index in [0.29, 0.717) is 10.7 Å². The monoisotopic (exact) mass is 275 g/mol. The highest BCUT2D eigenvalue weighted by atomic mass is 35.5. The smallest absolute Gasteiger partial charge is 0.340 e. The van der Waals surface area contributed by atoms with E-state index in [4.69, 9.17) is 34.8 Å². The zero-order valence-corrected chi connectivity index (χ0v) is 10.5. The number of hydrogen-bond acceptors (Lipinski definition) is 5. The van der Waals surface area contributed by atoms with Crippen molar-refractivity contribution in [2.45, 2.75) is 0 Å². The highest BCUT2D eigenvalue weighted by molar-refractivity contribution is 6.31. The first kappa shape index (κ1) is 13.6. The molecule has 0 aliphatic carbocycles. The predicted molar refractivity (Wildman–Crippen MR) is 67.6 cm³/mol. The fourth-order valence-electron chi connectivity index (χ4n) is 1.21. The van der Waals surface area contributed by atoms with Crippen molar-refractivity contribution in [3.63, 3.8) is 0 Å². The summed E-state index contributed by atoms with van der Waals surface area (Å²) in [6, 6.07) is 4.59. The van der Waals surface area contributed by atoms with Crippen molar-refractivity contribution in [1.29, 1.82) is 0 Å². The number of benzene rings is 1. The van der Waals surface area contributed by atoms with Gasteiger partial charge < -0.3 is 10.5 Å². The van der Waals surface area contributed by atoms with Gasteiger partial charge in [0.25, 0.3) is 0 Å². The zero-order valence-electron chi connectivity index (χ0n) is 8.98. The quantitative estimate of drug-likeness (QED) is 0.381. The van der Waals surface area contributed by atoms with E-state index >= 15 is 0 Å². The summed E-state index contributed by atoms with van der Waals surface area (Å²) < 4.78 is 4.62. The Morgan fingerprint density at radius 1 is 1.53 bits per heavy atom. The van der Waals surface area contributed by atoms with Crippen LogP contribution in [0.2, 0.25) is 5.02 Å². The third-order valence-electron chi connectivity index (χ3n) is 1.90. The second-order valence-electron chi connectivity index (χ2n) is 3.07. The standard InChI is InChI=1S/C10H11Cl2N3O2/c1-17-10(16)7-4-6(11)2-3-8(7)15(14)5-9(12)13/h2-5H,13-14H2,1H3/b9-5-. The highest BCUT2D eigenvalue weighted by Gasteiger charge is 2.15. The molecule has 4 N–H and O–H groups in total. The van der Waals surface area contributed by atoms with Gasteiger partial charge in [-0.15, -0.1) is 0 Å². The van der Waals surface area contributed by atoms with Gasteiger partial charge in [-0.05, 0) is 18.2 Å². The summed E-state index contributed by atoms with van der Waals surface area (Å²) in [5, 5.41) is 1.49. The number of nitrogens with two attached hydrogens (primary N) is 2. The Morgan fingerprint density at radius 2 is 2.18 bits per heavy atom. The molecule has 0 aliphatic rings. The average Bonchev–Trinajstić information content (AvgIpc) is 2.26. The Bertz CT molecular complexity index is 459. The van der Waals surface area contributed by atoms with Gasteiger partial charge in [-0.3, -0.25) is 5.01 Å². The number of halogens is 2. The number of carbonyl (C=O) groups is 1. The Labute approximate surface area is 108 Å². The molecule has 0 amide bonds. The molecule has 0 atom stereocenters. The van der Waals surface area contributed by atoms with Crippen LogP contribution in [-0.2, 0) is 4.74 Å². The SMILES string of the molecule is COC(=O)c1cc(Cl)ccc1N(N)/C=C(\N)Cl. The van der Waals surface area contributed by atoms with Gasteiger partial charge in [0.1, 0.15) is 5.16 Å². The maximum absolute atomic E-state index is 11.5. The van der Waals surface area contributed by atoms with Crippen LogP contribution in [0, 0.1) is 0 Å². The lowest BCUT2D eigenvalue weighted by Crippen LogP contribution is -2.27. The molecule has 1 aromatic rings. The summed E-state index contributed by atoms with van der Waals surface area (Å²) in [7, 11) is 1.26. The number of rotatable bonds is 3. The van der Waals surface area contributed by atoms with Crippen LogP contribution in [0.25, 0.3) is 0 Å². The lowest BCUT2D eigenvalue weighted by Gasteiger charge is -2.17. The van der Waals surface area contributed by atoms with Crippen molar-refractivity contribution >= 4 is 34.9 Å². The minimum absolute atomic E-state index is 0.0155. The average molecular weight is 276 g/mol. The van der Waals surface area contributed by atoms with Crippen LogP contribution < -0.4 is 16.6 Å². The van der Waals surface area contributed by atoms with Crippen LogP contribution in [0.15, 0.2) is 29.6 Å². The maximum atomic E-state index is 11.5. The van der Waals surface area contributed by atoms with E-state index in [0.717, 1.165) is 5.01 Å². The lowest BCUT2D eigenvalue weighted by molar-refractivity contribution is 0.0601. The Kier molecular flexibility index (Phi) is 4.62. The summed E-state index contributed by atoms with van der Waals surface area (Å²) in [6.07, 6.45) is 1.26. The van der Waals surface area contributed by atoms with Crippen LogP contribution in [0.1, 0.15) is 10.4 Å². The van der Waals surface area contributed by atoms with Gasteiger partial charge in [0.05, 0.1) is 24.6 Å². The number of methoxy groups -OCH3 is 1. The molecule has 5 nitrogen and oxygen atoms in total. The molecule has 0 saturated heterocycles. The molecule has 92 valence electrons. The normalized spacial score (nSPS) is 11.2. The predicted octanol–water partition coefficient (Wildman–Crippen LogP) is 1.80. The number of hydrazine groups is 1. The zero-order chi connectivity index (χ0) is 13.0. The summed E-state index contributed by atoms with van der Waals surface area (Å²) in [5.74, 6) is 5.12. The van der Waals surface area contributed by atoms with E-state index in [2.05, 4.69) is 4.74 Å². The van der Waals surface area contributed by atoms with Crippen molar-refractivity contribution in [2.75, 3.05) is 12.1 Å². The molecule has 1 rings (SSSR count). The van der Waals surface area contributed by atoms with Gasteiger partial charge in [0, 0.05) is 5.02 Å². The first-order valence-corrected chi connectivity index (χ1v) is 5.26. The summed E-state index contributed by atoms with van der Waals surface area (Å²) >= 11 is 11.3. The third-order valence-corrected chi connectivity index (χ3v) is 2.24. The van der Waals surface area contributed by atoms with E-state index in [-0.39, 0.29) is 10.7 Å². The van der Waals surface area contributed by atoms with Crippen LogP contribution in [-0.4, -0.2) is 13.1 Å². The largest absolute Gasteiger partial charge is 0.465 e. The summed E-state index contributed by atoms with van der Waals surface area (Å²) in [6.45, 7) is 0. The third kappa shape index (κ3) is 3.52. The van der Waals surface area contributed by atoms with Crippen LogP contribution >= 0.6 is 23.2 Å². The molecular formula is C10H11Cl2N3O2. The molecule has 7 heteroatoms. The molecule has 17 heavy (non-hydrogen) atoms. The van der Waals surface area contributed by atoms with Crippen LogP contribution in [0.4, 0.5) is 5.69 Å². The maximum Gasteiger partial charge on any atom is 0.340 e. The molecule has 0 heterocycles. The van der Waals surface area contributed by atoms with Crippen LogP contribution in [0.3, 0.4) is 0 Å². The molecule has 0 saturated carbocycles. The van der Waals surface area contributed by atoms with Crippen molar-refractivity contribution in [1.82, 2.24) is 0 Å². The Hall–Kier alpha value is -1.43. The minimum atomic E-state index is -0.556. The fraction of sp³-hybridized carbons (Fsp3) is 0.100. The first-order valence-electron chi connectivity index (χ1n) is 4.50. The van der Waals surface area contributed by atoms with Crippen molar-refractivity contribution in [3.05, 3.63) is 40.1 Å².